The molecule has 5 rings (SSSR count). The van der Waals surface area contributed by atoms with E-state index in [0.717, 1.165) is 31.6 Å². The molecule has 1 saturated carbocycles. The summed E-state index contributed by atoms with van der Waals surface area (Å²) in [5.41, 5.74) is 3.21. The second kappa shape index (κ2) is 5.78. The second-order valence-electron chi connectivity index (χ2n) is 8.76. The quantitative estimate of drug-likeness (QED) is 0.896. The van der Waals surface area contributed by atoms with Crippen molar-refractivity contribution in [2.75, 3.05) is 13.1 Å². The van der Waals surface area contributed by atoms with Crippen LogP contribution in [0, 0.1) is 17.8 Å². The van der Waals surface area contributed by atoms with Crippen molar-refractivity contribution in [2.45, 2.75) is 45.1 Å². The van der Waals surface area contributed by atoms with Crippen LogP contribution in [-0.2, 0) is 23.2 Å². The minimum Gasteiger partial charge on any atom is -0.345 e. The van der Waals surface area contributed by atoms with Crippen molar-refractivity contribution in [3.8, 4) is 0 Å². The summed E-state index contributed by atoms with van der Waals surface area (Å²) in [6, 6.07) is 8.58. The molecule has 0 bridgehead atoms. The topological polar surface area (TPSA) is 54.0 Å². The number of amides is 1. The lowest BCUT2D eigenvalue weighted by atomic mass is 9.87. The largest absolute Gasteiger partial charge is 0.345 e. The molecule has 0 spiro atoms. The van der Waals surface area contributed by atoms with Gasteiger partial charge in [-0.25, -0.2) is 0 Å². The normalized spacial score (nSPS) is 27.1. The van der Waals surface area contributed by atoms with E-state index in [1.165, 1.54) is 34.9 Å². The zero-order chi connectivity index (χ0) is 17.9. The molecule has 4 heteroatoms. The van der Waals surface area contributed by atoms with Crippen LogP contribution in [0.5, 0.6) is 0 Å². The molecule has 2 aromatic rings. The van der Waals surface area contributed by atoms with Crippen LogP contribution in [0.15, 0.2) is 24.3 Å². The Balaban J connectivity index is 1.52. The van der Waals surface area contributed by atoms with Gasteiger partial charge in [-0.15, -0.1) is 0 Å². The van der Waals surface area contributed by atoms with Crippen LogP contribution in [-0.4, -0.2) is 24.0 Å². The molecule has 1 aromatic carbocycles. The molecule has 3 aliphatic rings. The number of aryl methyl sites for hydroxylation is 2. The number of pyridine rings is 1. The van der Waals surface area contributed by atoms with Crippen molar-refractivity contribution >= 4 is 16.7 Å². The molecule has 1 aromatic heterocycles. The summed E-state index contributed by atoms with van der Waals surface area (Å²) in [5.74, 6) is 1.48. The van der Waals surface area contributed by atoms with Crippen LogP contribution in [0.1, 0.15) is 43.6 Å². The minimum atomic E-state index is -0.465. The fourth-order valence-corrected chi connectivity index (χ4v) is 5.19. The van der Waals surface area contributed by atoms with Crippen LogP contribution in [0.2, 0.25) is 0 Å². The number of aromatic nitrogens is 1. The van der Waals surface area contributed by atoms with Gasteiger partial charge in [0.05, 0.1) is 11.2 Å². The van der Waals surface area contributed by atoms with Gasteiger partial charge in [-0.3, -0.25) is 9.78 Å². The van der Waals surface area contributed by atoms with Crippen molar-refractivity contribution in [1.82, 2.24) is 15.6 Å². The number of carbonyl (C=O) groups is 1. The van der Waals surface area contributed by atoms with Crippen molar-refractivity contribution in [3.63, 3.8) is 0 Å². The highest BCUT2D eigenvalue weighted by Crippen LogP contribution is 2.49. The van der Waals surface area contributed by atoms with Gasteiger partial charge >= 0.3 is 0 Å². The fraction of sp³-hybridized carbons (Fsp3) is 0.545. The van der Waals surface area contributed by atoms with Crippen LogP contribution in [0.25, 0.3) is 10.8 Å². The predicted octanol–water partition coefficient (Wildman–Crippen LogP) is 2.93. The smallest absolute Gasteiger partial charge is 0.224 e. The third-order valence-electron chi connectivity index (χ3n) is 6.61. The van der Waals surface area contributed by atoms with Gasteiger partial charge in [0.15, 0.2) is 0 Å². The Bertz CT molecular complexity index is 878. The third-order valence-corrected chi connectivity index (χ3v) is 6.61. The SMILES string of the molecule is CC(C)(NC(=O)C1[C@H]2CNC[C@@H]12)c1nc2c(c3ccccc13)CCCC2. The molecule has 1 saturated heterocycles. The Kier molecular flexibility index (Phi) is 3.61. The van der Waals surface area contributed by atoms with Gasteiger partial charge in [0.2, 0.25) is 5.91 Å². The minimum absolute atomic E-state index is 0.194. The van der Waals surface area contributed by atoms with E-state index >= 15 is 0 Å². The molecule has 136 valence electrons. The molecule has 0 radical (unpaired) electrons. The van der Waals surface area contributed by atoms with Crippen molar-refractivity contribution < 1.29 is 4.79 Å². The first-order valence-corrected chi connectivity index (χ1v) is 10.00. The Hall–Kier alpha value is -1.94. The summed E-state index contributed by atoms with van der Waals surface area (Å²) < 4.78 is 0. The lowest BCUT2D eigenvalue weighted by Gasteiger charge is -2.30. The number of hydrogen-bond acceptors (Lipinski definition) is 3. The highest BCUT2D eigenvalue weighted by molar-refractivity contribution is 5.90. The predicted molar refractivity (Wildman–Crippen MR) is 103 cm³/mol. The molecule has 2 heterocycles. The van der Waals surface area contributed by atoms with Gasteiger partial charge in [0.1, 0.15) is 0 Å². The van der Waals surface area contributed by atoms with Gasteiger partial charge in [0, 0.05) is 17.0 Å². The maximum absolute atomic E-state index is 12.9. The summed E-state index contributed by atoms with van der Waals surface area (Å²) in [4.78, 5) is 18.0. The number of nitrogens with one attached hydrogen (secondary N) is 2. The van der Waals surface area contributed by atoms with E-state index in [-0.39, 0.29) is 11.8 Å². The summed E-state index contributed by atoms with van der Waals surface area (Å²) in [7, 11) is 0. The Labute approximate surface area is 154 Å². The van der Waals surface area contributed by atoms with Gasteiger partial charge in [0.25, 0.3) is 0 Å². The number of carbonyl (C=O) groups excluding carboxylic acids is 1. The second-order valence-corrected chi connectivity index (χ2v) is 8.76. The van der Waals surface area contributed by atoms with Crippen molar-refractivity contribution in [3.05, 3.63) is 41.2 Å². The number of piperidine rings is 1. The van der Waals surface area contributed by atoms with Crippen molar-refractivity contribution in [2.24, 2.45) is 17.8 Å². The molecule has 4 nitrogen and oxygen atoms in total. The average molecular weight is 349 g/mol. The maximum Gasteiger partial charge on any atom is 0.224 e. The van der Waals surface area contributed by atoms with E-state index in [0.29, 0.717) is 11.8 Å². The zero-order valence-corrected chi connectivity index (χ0v) is 15.6. The number of hydrogen-bond donors (Lipinski definition) is 2. The molecule has 1 amide bonds. The maximum atomic E-state index is 12.9. The highest BCUT2D eigenvalue weighted by atomic mass is 16.2. The lowest BCUT2D eigenvalue weighted by molar-refractivity contribution is -0.124. The number of rotatable bonds is 3. The molecule has 1 unspecified atom stereocenters. The van der Waals surface area contributed by atoms with E-state index in [2.05, 4.69) is 48.7 Å². The van der Waals surface area contributed by atoms with Gasteiger partial charge in [-0.1, -0.05) is 24.3 Å². The van der Waals surface area contributed by atoms with Crippen LogP contribution >= 0.6 is 0 Å². The summed E-state index contributed by atoms with van der Waals surface area (Å²) in [6.45, 7) is 6.18. The Morgan fingerprint density at radius 2 is 1.81 bits per heavy atom. The third kappa shape index (κ3) is 2.46. The Morgan fingerprint density at radius 1 is 1.12 bits per heavy atom. The highest BCUT2D eigenvalue weighted by Gasteiger charge is 2.57. The van der Waals surface area contributed by atoms with E-state index in [4.69, 9.17) is 4.98 Å². The van der Waals surface area contributed by atoms with Crippen LogP contribution < -0.4 is 10.6 Å². The fourth-order valence-electron chi connectivity index (χ4n) is 5.19. The zero-order valence-electron chi connectivity index (χ0n) is 15.6. The van der Waals surface area contributed by atoms with E-state index in [1.807, 2.05) is 0 Å². The van der Waals surface area contributed by atoms with Crippen LogP contribution in [0.3, 0.4) is 0 Å². The van der Waals surface area contributed by atoms with E-state index in [9.17, 15) is 4.79 Å². The molecule has 3 atom stereocenters. The van der Waals surface area contributed by atoms with Gasteiger partial charge < -0.3 is 10.6 Å². The first kappa shape index (κ1) is 16.2. The molecule has 2 N–H and O–H groups in total. The molecular weight excluding hydrogens is 322 g/mol. The molecular formula is C22H27N3O. The lowest BCUT2D eigenvalue weighted by Crippen LogP contribution is -2.44. The number of fused-ring (bicyclic) bond motifs is 4. The Morgan fingerprint density at radius 3 is 2.58 bits per heavy atom. The summed E-state index contributed by atoms with van der Waals surface area (Å²) in [5, 5.41) is 9.21. The van der Waals surface area contributed by atoms with Gasteiger partial charge in [-0.2, -0.15) is 0 Å². The molecule has 1 aliphatic heterocycles. The summed E-state index contributed by atoms with van der Waals surface area (Å²) in [6.07, 6.45) is 4.63. The standard InChI is InChI=1S/C22H27N3O/c1-22(2,25-21(26)19-16-11-23-12-17(16)19)20-15-9-4-3-7-13(15)14-8-5-6-10-18(14)24-20/h3-4,7,9,16-17,19,23H,5-6,8,10-12H2,1-2H3,(H,25,26)/t16-,17+,19?. The van der Waals surface area contributed by atoms with E-state index < -0.39 is 5.54 Å². The molecule has 26 heavy (non-hydrogen) atoms. The number of benzene rings is 1. The van der Waals surface area contributed by atoms with Crippen LogP contribution in [0.4, 0.5) is 0 Å². The first-order valence-electron chi connectivity index (χ1n) is 10.00. The average Bonchev–Trinajstić information content (AvgIpc) is 3.14. The summed E-state index contributed by atoms with van der Waals surface area (Å²) >= 11 is 0. The van der Waals surface area contributed by atoms with E-state index in [1.54, 1.807) is 0 Å². The van der Waals surface area contributed by atoms with Crippen molar-refractivity contribution in [1.29, 1.82) is 0 Å². The van der Waals surface area contributed by atoms with Gasteiger partial charge in [-0.05, 0) is 75.4 Å². The molecule has 2 aliphatic carbocycles. The molecule has 2 fully saturated rings. The first-order chi connectivity index (χ1) is 12.6. The monoisotopic (exact) mass is 349 g/mol. The number of nitrogens with zero attached hydrogens (tertiary/aromatic N) is 1.